The average molecular weight is 369 g/mol. The molecule has 5 aromatic rings. The van der Waals surface area contributed by atoms with Gasteiger partial charge in [0.2, 0.25) is 0 Å². The molecule has 1 N–H and O–H groups in total. The maximum absolute atomic E-state index is 14.0. The molecule has 0 aliphatic rings. The molecule has 3 aromatic carbocycles. The van der Waals surface area contributed by atoms with Gasteiger partial charge in [-0.15, -0.1) is 10.2 Å². The minimum atomic E-state index is -0.310. The number of nitrogens with zero attached hydrogens (tertiary/aromatic N) is 4. The summed E-state index contributed by atoms with van der Waals surface area (Å²) in [4.78, 5) is 8.03. The molecule has 5 nitrogen and oxygen atoms in total. The van der Waals surface area contributed by atoms with Crippen molar-refractivity contribution < 1.29 is 4.39 Å². The summed E-state index contributed by atoms with van der Waals surface area (Å²) >= 11 is 0. The first-order valence-corrected chi connectivity index (χ1v) is 8.88. The quantitative estimate of drug-likeness (QED) is 0.495. The van der Waals surface area contributed by atoms with Crippen LogP contribution < -0.4 is 0 Å². The smallest absolute Gasteiger partial charge is 0.164 e. The van der Waals surface area contributed by atoms with Gasteiger partial charge in [0.15, 0.2) is 5.82 Å². The molecule has 0 saturated heterocycles. The van der Waals surface area contributed by atoms with Gasteiger partial charge in [0.1, 0.15) is 18.0 Å². The van der Waals surface area contributed by atoms with Crippen molar-refractivity contribution in [2.45, 2.75) is 0 Å². The van der Waals surface area contributed by atoms with Crippen LogP contribution in [0, 0.1) is 5.82 Å². The molecule has 0 bridgehead atoms. The van der Waals surface area contributed by atoms with Crippen LogP contribution in [0.25, 0.3) is 44.9 Å². The number of aromatic amines is 1. The molecule has 5 rings (SSSR count). The molecule has 2 heterocycles. The van der Waals surface area contributed by atoms with Gasteiger partial charge in [-0.25, -0.2) is 9.37 Å². The standard InChI is InChI=1S/C22H16FN5/c1-28-13-24-27-22(28)18-12-16(23)9-10-17(18)14-5-4-6-15(11-14)21-25-19-7-2-3-8-20(19)26-21/h2-13H,1H3,(H,25,26). The normalized spacial score (nSPS) is 11.2. The van der Waals surface area contributed by atoms with E-state index in [0.29, 0.717) is 11.4 Å². The van der Waals surface area contributed by atoms with Crippen LogP contribution in [0.3, 0.4) is 0 Å². The topological polar surface area (TPSA) is 59.4 Å². The van der Waals surface area contributed by atoms with Crippen molar-refractivity contribution in [3.63, 3.8) is 0 Å². The van der Waals surface area contributed by atoms with Gasteiger partial charge < -0.3 is 9.55 Å². The molecule has 0 spiro atoms. The SMILES string of the molecule is Cn1cnnc1-c1cc(F)ccc1-c1cccc(-c2nc3ccccc3[nH]2)c1. The van der Waals surface area contributed by atoms with E-state index in [0.717, 1.165) is 33.5 Å². The predicted octanol–water partition coefficient (Wildman–Crippen LogP) is 4.83. The zero-order chi connectivity index (χ0) is 19.1. The summed E-state index contributed by atoms with van der Waals surface area (Å²) < 4.78 is 15.8. The molecule has 0 fully saturated rings. The highest BCUT2D eigenvalue weighted by atomic mass is 19.1. The third-order valence-electron chi connectivity index (χ3n) is 4.77. The summed E-state index contributed by atoms with van der Waals surface area (Å²) in [6, 6.07) is 20.7. The summed E-state index contributed by atoms with van der Waals surface area (Å²) in [5.74, 6) is 1.10. The van der Waals surface area contributed by atoms with E-state index in [1.165, 1.54) is 12.1 Å². The fourth-order valence-electron chi connectivity index (χ4n) is 3.40. The Morgan fingerprint density at radius 1 is 0.893 bits per heavy atom. The lowest BCUT2D eigenvalue weighted by atomic mass is 9.97. The molecular weight excluding hydrogens is 353 g/mol. The summed E-state index contributed by atoms with van der Waals surface area (Å²) in [5, 5.41) is 8.08. The van der Waals surface area contributed by atoms with Gasteiger partial charge >= 0.3 is 0 Å². The number of halogens is 1. The van der Waals surface area contributed by atoms with E-state index >= 15 is 0 Å². The zero-order valence-electron chi connectivity index (χ0n) is 15.1. The highest BCUT2D eigenvalue weighted by Gasteiger charge is 2.14. The van der Waals surface area contributed by atoms with Crippen LogP contribution in [0.4, 0.5) is 4.39 Å². The number of aryl methyl sites for hydroxylation is 1. The lowest BCUT2D eigenvalue weighted by Gasteiger charge is -2.10. The van der Waals surface area contributed by atoms with Crippen LogP contribution in [0.15, 0.2) is 73.1 Å². The van der Waals surface area contributed by atoms with Crippen molar-refractivity contribution in [2.75, 3.05) is 0 Å². The number of benzene rings is 3. The molecule has 0 saturated carbocycles. The number of rotatable bonds is 3. The number of H-pyrrole nitrogens is 1. The molecule has 0 atom stereocenters. The second-order valence-corrected chi connectivity index (χ2v) is 6.64. The number of aromatic nitrogens is 5. The monoisotopic (exact) mass is 369 g/mol. The van der Waals surface area contributed by atoms with Crippen LogP contribution in [0.5, 0.6) is 0 Å². The molecule has 0 amide bonds. The second kappa shape index (κ2) is 6.42. The third-order valence-corrected chi connectivity index (χ3v) is 4.77. The molecule has 0 aliphatic carbocycles. The van der Waals surface area contributed by atoms with Gasteiger partial charge in [-0.05, 0) is 41.5 Å². The van der Waals surface area contributed by atoms with E-state index in [1.807, 2.05) is 55.6 Å². The van der Waals surface area contributed by atoms with Gasteiger partial charge in [0.05, 0.1) is 11.0 Å². The second-order valence-electron chi connectivity index (χ2n) is 6.64. The predicted molar refractivity (Wildman–Crippen MR) is 107 cm³/mol. The van der Waals surface area contributed by atoms with E-state index in [1.54, 1.807) is 17.0 Å². The number of fused-ring (bicyclic) bond motifs is 1. The summed E-state index contributed by atoms with van der Waals surface area (Å²) in [7, 11) is 1.84. The van der Waals surface area contributed by atoms with E-state index in [9.17, 15) is 4.39 Å². The largest absolute Gasteiger partial charge is 0.338 e. The Hall–Kier alpha value is -3.80. The Bertz CT molecular complexity index is 1270. The van der Waals surface area contributed by atoms with Crippen molar-refractivity contribution in [2.24, 2.45) is 7.05 Å². The van der Waals surface area contributed by atoms with Gasteiger partial charge in [-0.3, -0.25) is 0 Å². The minimum absolute atomic E-state index is 0.310. The Kier molecular flexibility index (Phi) is 3.76. The van der Waals surface area contributed by atoms with Gasteiger partial charge in [-0.2, -0.15) is 0 Å². The van der Waals surface area contributed by atoms with Crippen LogP contribution in [0.1, 0.15) is 0 Å². The number of para-hydroxylation sites is 2. The number of nitrogens with one attached hydrogen (secondary N) is 1. The van der Waals surface area contributed by atoms with Gasteiger partial charge in [0, 0.05) is 18.2 Å². The van der Waals surface area contributed by atoms with Crippen LogP contribution in [0.2, 0.25) is 0 Å². The molecule has 136 valence electrons. The minimum Gasteiger partial charge on any atom is -0.338 e. The number of hydrogen-bond donors (Lipinski definition) is 1. The first kappa shape index (κ1) is 16.4. The Morgan fingerprint density at radius 2 is 1.75 bits per heavy atom. The summed E-state index contributed by atoms with van der Waals surface area (Å²) in [6.45, 7) is 0. The third kappa shape index (κ3) is 2.75. The van der Waals surface area contributed by atoms with E-state index in [2.05, 4.69) is 20.2 Å². The Morgan fingerprint density at radius 3 is 2.57 bits per heavy atom. The summed E-state index contributed by atoms with van der Waals surface area (Å²) in [6.07, 6.45) is 1.61. The van der Waals surface area contributed by atoms with Crippen molar-refractivity contribution in [1.82, 2.24) is 24.7 Å². The first-order chi connectivity index (χ1) is 13.7. The lowest BCUT2D eigenvalue weighted by molar-refractivity contribution is 0.628. The highest BCUT2D eigenvalue weighted by Crippen LogP contribution is 2.33. The van der Waals surface area contributed by atoms with Crippen LogP contribution in [-0.2, 0) is 7.05 Å². The zero-order valence-corrected chi connectivity index (χ0v) is 15.1. The molecule has 28 heavy (non-hydrogen) atoms. The van der Waals surface area contributed by atoms with E-state index < -0.39 is 0 Å². The van der Waals surface area contributed by atoms with Gasteiger partial charge in [0.25, 0.3) is 0 Å². The van der Waals surface area contributed by atoms with Crippen LogP contribution in [-0.4, -0.2) is 24.7 Å². The lowest BCUT2D eigenvalue weighted by Crippen LogP contribution is -1.95. The highest BCUT2D eigenvalue weighted by molar-refractivity contribution is 5.84. The number of hydrogen-bond acceptors (Lipinski definition) is 3. The number of imidazole rings is 1. The van der Waals surface area contributed by atoms with Crippen molar-refractivity contribution >= 4 is 11.0 Å². The van der Waals surface area contributed by atoms with Crippen molar-refractivity contribution in [3.8, 4) is 33.9 Å². The van der Waals surface area contributed by atoms with E-state index in [4.69, 9.17) is 0 Å². The van der Waals surface area contributed by atoms with Crippen LogP contribution >= 0.6 is 0 Å². The molecule has 0 unspecified atom stereocenters. The molecule has 2 aromatic heterocycles. The van der Waals surface area contributed by atoms with Crippen molar-refractivity contribution in [3.05, 3.63) is 78.9 Å². The molecule has 6 heteroatoms. The maximum atomic E-state index is 14.0. The fraction of sp³-hybridized carbons (Fsp3) is 0.0455. The molecule has 0 radical (unpaired) electrons. The Labute approximate surface area is 160 Å². The fourth-order valence-corrected chi connectivity index (χ4v) is 3.40. The van der Waals surface area contributed by atoms with E-state index in [-0.39, 0.29) is 5.82 Å². The van der Waals surface area contributed by atoms with Crippen molar-refractivity contribution in [1.29, 1.82) is 0 Å². The molecule has 0 aliphatic heterocycles. The average Bonchev–Trinajstić information content (AvgIpc) is 3.34. The first-order valence-electron chi connectivity index (χ1n) is 8.88. The van der Waals surface area contributed by atoms with Gasteiger partial charge in [-0.1, -0.05) is 36.4 Å². The Balaban J connectivity index is 1.65. The summed E-state index contributed by atoms with van der Waals surface area (Å²) in [5.41, 5.74) is 5.41. The maximum Gasteiger partial charge on any atom is 0.164 e. The molecular formula is C22H16FN5.